The molecule has 1 fully saturated rings. The first-order chi connectivity index (χ1) is 5.36. The Hall–Kier alpha value is -1.22. The van der Waals surface area contributed by atoms with Gasteiger partial charge in [0.25, 0.3) is 0 Å². The molecule has 11 heavy (non-hydrogen) atoms. The maximum Gasteiger partial charge on any atom is 0.0708 e. The van der Waals surface area contributed by atoms with E-state index in [0.29, 0.717) is 0 Å². The Kier molecular flexibility index (Phi) is 1.43. The first kappa shape index (κ1) is 6.49. The Labute approximate surface area is 65.8 Å². The molecule has 0 radical (unpaired) electrons. The summed E-state index contributed by atoms with van der Waals surface area (Å²) in [5.74, 6) is 0. The zero-order chi connectivity index (χ0) is 7.68. The number of hydrogen-bond acceptors (Lipinski definition) is 3. The molecule has 1 aliphatic rings. The van der Waals surface area contributed by atoms with Crippen LogP contribution in [0.25, 0.3) is 0 Å². The summed E-state index contributed by atoms with van der Waals surface area (Å²) in [6.45, 7) is 1.90. The quantitative estimate of drug-likeness (QED) is 0.574. The lowest BCUT2D eigenvalue weighted by atomic mass is 10.2. The molecule has 58 valence electrons. The van der Waals surface area contributed by atoms with Crippen molar-refractivity contribution in [3.8, 4) is 0 Å². The number of nitrogens with two attached hydrogens (primary N) is 1. The smallest absolute Gasteiger partial charge is 0.0708 e. The predicted octanol–water partition coefficient (Wildman–Crippen LogP) is 0.593. The standard InChI is InChI=1S/C8H11N3/c9-7-1-3-8(4-2-7)11-5-10-6-11/h1-4,10H,5-6,9H2. The van der Waals surface area contributed by atoms with E-state index in [-0.39, 0.29) is 0 Å². The van der Waals surface area contributed by atoms with Gasteiger partial charge in [-0.1, -0.05) is 0 Å². The van der Waals surface area contributed by atoms with Gasteiger partial charge in [-0.15, -0.1) is 0 Å². The molecule has 0 aliphatic carbocycles. The van der Waals surface area contributed by atoms with Gasteiger partial charge in [-0.25, -0.2) is 0 Å². The van der Waals surface area contributed by atoms with Gasteiger partial charge in [-0.05, 0) is 24.3 Å². The minimum atomic E-state index is 0.822. The minimum Gasteiger partial charge on any atom is -0.399 e. The van der Waals surface area contributed by atoms with Crippen LogP contribution < -0.4 is 16.0 Å². The van der Waals surface area contributed by atoms with Crippen LogP contribution in [0.5, 0.6) is 0 Å². The fourth-order valence-electron chi connectivity index (χ4n) is 1.09. The average molecular weight is 149 g/mol. The van der Waals surface area contributed by atoms with Gasteiger partial charge >= 0.3 is 0 Å². The van der Waals surface area contributed by atoms with Crippen LogP contribution in [0.2, 0.25) is 0 Å². The molecule has 1 aromatic rings. The fraction of sp³-hybridized carbons (Fsp3) is 0.250. The lowest BCUT2D eigenvalue weighted by Crippen LogP contribution is -2.52. The first-order valence-electron chi connectivity index (χ1n) is 3.67. The third-order valence-electron chi connectivity index (χ3n) is 1.86. The molecule has 3 nitrogen and oxygen atoms in total. The van der Waals surface area contributed by atoms with Crippen LogP contribution in [0.3, 0.4) is 0 Å². The third-order valence-corrected chi connectivity index (χ3v) is 1.86. The Balaban J connectivity index is 2.18. The average Bonchev–Trinajstić information content (AvgIpc) is 1.90. The molecule has 3 heteroatoms. The van der Waals surface area contributed by atoms with E-state index >= 15 is 0 Å². The fourth-order valence-corrected chi connectivity index (χ4v) is 1.09. The van der Waals surface area contributed by atoms with Crippen molar-refractivity contribution in [2.45, 2.75) is 0 Å². The van der Waals surface area contributed by atoms with Gasteiger partial charge in [-0.3, -0.25) is 5.32 Å². The molecule has 1 aliphatic heterocycles. The summed E-state index contributed by atoms with van der Waals surface area (Å²) in [6.07, 6.45) is 0. The lowest BCUT2D eigenvalue weighted by molar-refractivity contribution is 0.524. The second-order valence-electron chi connectivity index (χ2n) is 2.70. The van der Waals surface area contributed by atoms with Crippen molar-refractivity contribution in [1.82, 2.24) is 5.32 Å². The molecule has 0 bridgehead atoms. The topological polar surface area (TPSA) is 41.3 Å². The highest BCUT2D eigenvalue weighted by Crippen LogP contribution is 2.16. The van der Waals surface area contributed by atoms with Crippen molar-refractivity contribution in [2.75, 3.05) is 24.0 Å². The zero-order valence-corrected chi connectivity index (χ0v) is 6.25. The molecule has 1 heterocycles. The van der Waals surface area contributed by atoms with Gasteiger partial charge < -0.3 is 10.6 Å². The Morgan fingerprint density at radius 1 is 1.18 bits per heavy atom. The monoisotopic (exact) mass is 149 g/mol. The molecule has 0 saturated carbocycles. The third kappa shape index (κ3) is 1.14. The molecule has 0 spiro atoms. The molecule has 1 saturated heterocycles. The second kappa shape index (κ2) is 2.43. The maximum atomic E-state index is 5.55. The van der Waals surface area contributed by atoms with E-state index in [1.165, 1.54) is 5.69 Å². The SMILES string of the molecule is Nc1ccc(N2CNC2)cc1. The summed E-state index contributed by atoms with van der Waals surface area (Å²) in [5, 5.41) is 3.17. The summed E-state index contributed by atoms with van der Waals surface area (Å²) in [7, 11) is 0. The molecule has 0 unspecified atom stereocenters. The summed E-state index contributed by atoms with van der Waals surface area (Å²) in [4.78, 5) is 2.24. The van der Waals surface area contributed by atoms with E-state index in [1.807, 2.05) is 24.3 Å². The van der Waals surface area contributed by atoms with Crippen molar-refractivity contribution in [3.05, 3.63) is 24.3 Å². The Bertz CT molecular complexity index is 238. The minimum absolute atomic E-state index is 0.822. The second-order valence-corrected chi connectivity index (χ2v) is 2.70. The Morgan fingerprint density at radius 3 is 2.27 bits per heavy atom. The molecular formula is C8H11N3. The van der Waals surface area contributed by atoms with Crippen LogP contribution >= 0.6 is 0 Å². The summed E-state index contributed by atoms with van der Waals surface area (Å²) < 4.78 is 0. The first-order valence-corrected chi connectivity index (χ1v) is 3.67. The molecule has 1 aromatic carbocycles. The van der Waals surface area contributed by atoms with Gasteiger partial charge in [0.1, 0.15) is 0 Å². The zero-order valence-electron chi connectivity index (χ0n) is 6.25. The van der Waals surface area contributed by atoms with E-state index in [2.05, 4.69) is 10.2 Å². The highest BCUT2D eigenvalue weighted by Gasteiger charge is 2.11. The van der Waals surface area contributed by atoms with Crippen LogP contribution in [0.1, 0.15) is 0 Å². The Morgan fingerprint density at radius 2 is 1.82 bits per heavy atom. The van der Waals surface area contributed by atoms with Gasteiger partial charge in [-0.2, -0.15) is 0 Å². The number of anilines is 2. The van der Waals surface area contributed by atoms with Crippen molar-refractivity contribution in [3.63, 3.8) is 0 Å². The maximum absolute atomic E-state index is 5.55. The van der Waals surface area contributed by atoms with Crippen LogP contribution in [0.15, 0.2) is 24.3 Å². The van der Waals surface area contributed by atoms with Gasteiger partial charge in [0.2, 0.25) is 0 Å². The summed E-state index contributed by atoms with van der Waals surface area (Å²) in [6, 6.07) is 7.92. The van der Waals surface area contributed by atoms with E-state index < -0.39 is 0 Å². The van der Waals surface area contributed by atoms with Crippen LogP contribution in [0.4, 0.5) is 11.4 Å². The number of nitrogens with one attached hydrogen (secondary N) is 1. The highest BCUT2D eigenvalue weighted by molar-refractivity contribution is 5.53. The van der Waals surface area contributed by atoms with Gasteiger partial charge in [0.05, 0.1) is 13.3 Å². The van der Waals surface area contributed by atoms with Crippen molar-refractivity contribution in [2.24, 2.45) is 0 Å². The normalized spacial score (nSPS) is 16.2. The van der Waals surface area contributed by atoms with E-state index in [4.69, 9.17) is 5.73 Å². The number of nitrogens with zero attached hydrogens (tertiary/aromatic N) is 1. The van der Waals surface area contributed by atoms with Gasteiger partial charge in [0, 0.05) is 11.4 Å². The van der Waals surface area contributed by atoms with Crippen LogP contribution in [-0.4, -0.2) is 13.3 Å². The molecular weight excluding hydrogens is 138 g/mol. The highest BCUT2D eigenvalue weighted by atomic mass is 15.4. The number of rotatable bonds is 1. The van der Waals surface area contributed by atoms with Crippen molar-refractivity contribution >= 4 is 11.4 Å². The summed E-state index contributed by atoms with van der Waals surface area (Å²) in [5.41, 5.74) is 7.61. The number of benzene rings is 1. The van der Waals surface area contributed by atoms with E-state index in [9.17, 15) is 0 Å². The van der Waals surface area contributed by atoms with Crippen molar-refractivity contribution in [1.29, 1.82) is 0 Å². The molecule has 0 aromatic heterocycles. The summed E-state index contributed by atoms with van der Waals surface area (Å²) >= 11 is 0. The van der Waals surface area contributed by atoms with Crippen LogP contribution in [0, 0.1) is 0 Å². The van der Waals surface area contributed by atoms with E-state index in [1.54, 1.807) is 0 Å². The van der Waals surface area contributed by atoms with E-state index in [0.717, 1.165) is 19.0 Å². The largest absolute Gasteiger partial charge is 0.399 e. The number of nitrogen functional groups attached to an aromatic ring is 1. The van der Waals surface area contributed by atoms with Crippen LogP contribution in [-0.2, 0) is 0 Å². The van der Waals surface area contributed by atoms with Crippen molar-refractivity contribution < 1.29 is 0 Å². The molecule has 3 N–H and O–H groups in total. The number of hydrogen-bond donors (Lipinski definition) is 2. The predicted molar refractivity (Wildman–Crippen MR) is 46.2 cm³/mol. The van der Waals surface area contributed by atoms with Gasteiger partial charge in [0.15, 0.2) is 0 Å². The molecule has 0 atom stereocenters. The lowest BCUT2D eigenvalue weighted by Gasteiger charge is -2.34. The molecule has 0 amide bonds. The molecule has 2 rings (SSSR count).